The molecule has 1 heterocycles. The Labute approximate surface area is 124 Å². The van der Waals surface area contributed by atoms with E-state index in [-0.39, 0.29) is 10.6 Å². The van der Waals surface area contributed by atoms with Gasteiger partial charge in [-0.1, -0.05) is 19.1 Å². The predicted octanol–water partition coefficient (Wildman–Crippen LogP) is 3.14. The van der Waals surface area contributed by atoms with Crippen LogP contribution < -0.4 is 5.32 Å². The molecule has 0 aliphatic heterocycles. The lowest BCUT2D eigenvalue weighted by Gasteiger charge is -2.10. The number of aromatic nitrogens is 1. The largest absolute Gasteiger partial charge is 0.350 e. The average Bonchev–Trinajstić information content (AvgIpc) is 2.93. The first kappa shape index (κ1) is 15.3. The summed E-state index contributed by atoms with van der Waals surface area (Å²) in [4.78, 5) is 10.3. The number of benzene rings is 1. The lowest BCUT2D eigenvalue weighted by Crippen LogP contribution is -2.17. The van der Waals surface area contributed by atoms with Crippen molar-refractivity contribution in [3.8, 4) is 0 Å². The fraction of sp³-hybridized carbons (Fsp3) is 0.375. The van der Waals surface area contributed by atoms with Gasteiger partial charge in [0.1, 0.15) is 0 Å². The van der Waals surface area contributed by atoms with Gasteiger partial charge in [-0.05, 0) is 37.1 Å². The summed E-state index contributed by atoms with van der Waals surface area (Å²) in [6, 6.07) is 11.0. The van der Waals surface area contributed by atoms with Gasteiger partial charge >= 0.3 is 0 Å². The quantitative estimate of drug-likeness (QED) is 0.461. The maximum atomic E-state index is 10.6. The minimum atomic E-state index is -0.368. The average molecular weight is 287 g/mol. The molecule has 5 nitrogen and oxygen atoms in total. The molecule has 1 N–H and O–H groups in total. The van der Waals surface area contributed by atoms with E-state index >= 15 is 0 Å². The summed E-state index contributed by atoms with van der Waals surface area (Å²) in [6.45, 7) is 4.93. The Balaban J connectivity index is 1.90. The summed E-state index contributed by atoms with van der Waals surface area (Å²) in [5.41, 5.74) is 2.52. The van der Waals surface area contributed by atoms with Gasteiger partial charge in [-0.25, -0.2) is 0 Å². The number of hydrogen-bond donors (Lipinski definition) is 1. The summed E-state index contributed by atoms with van der Waals surface area (Å²) in [6.07, 6.45) is 4.07. The smallest absolute Gasteiger partial charge is 0.269 e. The fourth-order valence-corrected chi connectivity index (χ4v) is 2.26. The molecule has 0 spiro atoms. The zero-order valence-electron chi connectivity index (χ0n) is 12.3. The molecule has 0 amide bonds. The zero-order valence-corrected chi connectivity index (χ0v) is 12.3. The molecule has 1 aromatic heterocycles. The molecule has 21 heavy (non-hydrogen) atoms. The topological polar surface area (TPSA) is 60.1 Å². The molecule has 0 fully saturated rings. The van der Waals surface area contributed by atoms with Gasteiger partial charge in [0.25, 0.3) is 5.69 Å². The van der Waals surface area contributed by atoms with Crippen LogP contribution in [0.15, 0.2) is 42.6 Å². The van der Waals surface area contributed by atoms with Crippen LogP contribution in [0, 0.1) is 10.1 Å². The first-order valence-corrected chi connectivity index (χ1v) is 7.28. The van der Waals surface area contributed by atoms with Crippen LogP contribution in [0.25, 0.3) is 0 Å². The molecule has 0 saturated heterocycles. The number of nitrogens with zero attached hydrogens (tertiary/aromatic N) is 2. The Hall–Kier alpha value is -2.14. The molecular formula is C16H21N3O2. The van der Waals surface area contributed by atoms with Gasteiger partial charge in [0, 0.05) is 37.1 Å². The Morgan fingerprint density at radius 1 is 1.24 bits per heavy atom. The molecule has 5 heteroatoms. The number of nitro benzene ring substituents is 1. The maximum Gasteiger partial charge on any atom is 0.269 e. The first-order chi connectivity index (χ1) is 10.2. The van der Waals surface area contributed by atoms with E-state index in [0.717, 1.165) is 38.0 Å². The highest BCUT2D eigenvalue weighted by Crippen LogP contribution is 2.13. The third kappa shape index (κ3) is 4.43. The highest BCUT2D eigenvalue weighted by Gasteiger charge is 2.05. The Morgan fingerprint density at radius 2 is 2.00 bits per heavy atom. The van der Waals surface area contributed by atoms with Gasteiger partial charge in [0.05, 0.1) is 4.92 Å². The molecule has 2 aromatic rings. The molecule has 0 aliphatic rings. The van der Waals surface area contributed by atoms with Crippen molar-refractivity contribution < 1.29 is 4.92 Å². The van der Waals surface area contributed by atoms with Crippen molar-refractivity contribution in [2.24, 2.45) is 0 Å². The van der Waals surface area contributed by atoms with E-state index in [1.807, 2.05) is 12.1 Å². The number of nitro groups is 1. The second-order valence-corrected chi connectivity index (χ2v) is 5.04. The Kier molecular flexibility index (Phi) is 5.51. The minimum absolute atomic E-state index is 0.143. The highest BCUT2D eigenvalue weighted by atomic mass is 16.6. The summed E-state index contributed by atoms with van der Waals surface area (Å²) in [5.74, 6) is 0. The number of aryl methyl sites for hydroxylation is 2. The molecule has 112 valence electrons. The Morgan fingerprint density at radius 3 is 2.67 bits per heavy atom. The van der Waals surface area contributed by atoms with Crippen LogP contribution in [0.3, 0.4) is 0 Å². The van der Waals surface area contributed by atoms with Crippen LogP contribution >= 0.6 is 0 Å². The zero-order chi connectivity index (χ0) is 15.1. The van der Waals surface area contributed by atoms with Crippen LogP contribution in [0.4, 0.5) is 5.69 Å². The van der Waals surface area contributed by atoms with E-state index in [9.17, 15) is 10.1 Å². The van der Waals surface area contributed by atoms with Crippen LogP contribution in [0.1, 0.15) is 24.6 Å². The van der Waals surface area contributed by atoms with Crippen molar-refractivity contribution >= 4 is 5.69 Å². The van der Waals surface area contributed by atoms with Gasteiger partial charge in [0.15, 0.2) is 0 Å². The minimum Gasteiger partial charge on any atom is -0.350 e. The summed E-state index contributed by atoms with van der Waals surface area (Å²) in [7, 11) is 0. The summed E-state index contributed by atoms with van der Waals surface area (Å²) in [5, 5.41) is 14.0. The molecule has 0 atom stereocenters. The molecule has 2 rings (SSSR count). The fourth-order valence-electron chi connectivity index (χ4n) is 2.26. The van der Waals surface area contributed by atoms with E-state index in [2.05, 4.69) is 35.1 Å². The van der Waals surface area contributed by atoms with Gasteiger partial charge in [-0.2, -0.15) is 0 Å². The summed E-state index contributed by atoms with van der Waals surface area (Å²) >= 11 is 0. The van der Waals surface area contributed by atoms with Crippen molar-refractivity contribution in [2.75, 3.05) is 6.54 Å². The van der Waals surface area contributed by atoms with E-state index in [1.54, 1.807) is 12.1 Å². The third-order valence-corrected chi connectivity index (χ3v) is 3.44. The van der Waals surface area contributed by atoms with Gasteiger partial charge in [-0.15, -0.1) is 0 Å². The molecule has 1 aromatic carbocycles. The van der Waals surface area contributed by atoms with E-state index in [1.165, 1.54) is 5.69 Å². The standard InChI is InChI=1S/C16H21N3O2/c1-2-10-17-13-16-4-3-11-18(16)12-9-14-5-7-15(8-6-14)19(20)21/h3-8,11,17H,2,9-10,12-13H2,1H3. The summed E-state index contributed by atoms with van der Waals surface area (Å²) < 4.78 is 2.23. The SMILES string of the molecule is CCCNCc1cccn1CCc1ccc([N+](=O)[O-])cc1. The van der Waals surface area contributed by atoms with E-state index < -0.39 is 0 Å². The second-order valence-electron chi connectivity index (χ2n) is 5.04. The molecule has 0 aliphatic carbocycles. The number of hydrogen-bond acceptors (Lipinski definition) is 3. The Bertz CT molecular complexity index is 575. The monoisotopic (exact) mass is 287 g/mol. The van der Waals surface area contributed by atoms with Crippen LogP contribution in [0.5, 0.6) is 0 Å². The van der Waals surface area contributed by atoms with Crippen molar-refractivity contribution in [3.63, 3.8) is 0 Å². The molecular weight excluding hydrogens is 266 g/mol. The van der Waals surface area contributed by atoms with Gasteiger partial charge in [-0.3, -0.25) is 10.1 Å². The van der Waals surface area contributed by atoms with Crippen LogP contribution in [0.2, 0.25) is 0 Å². The number of non-ortho nitro benzene ring substituents is 1. The molecule has 0 bridgehead atoms. The second kappa shape index (κ2) is 7.59. The molecule has 0 unspecified atom stereocenters. The molecule has 0 saturated carbocycles. The lowest BCUT2D eigenvalue weighted by molar-refractivity contribution is -0.384. The van der Waals surface area contributed by atoms with Crippen molar-refractivity contribution in [1.82, 2.24) is 9.88 Å². The molecule has 0 radical (unpaired) electrons. The maximum absolute atomic E-state index is 10.6. The number of rotatable bonds is 8. The third-order valence-electron chi connectivity index (χ3n) is 3.44. The number of nitrogens with one attached hydrogen (secondary N) is 1. The van der Waals surface area contributed by atoms with E-state index in [0.29, 0.717) is 0 Å². The predicted molar refractivity (Wildman–Crippen MR) is 83.2 cm³/mol. The van der Waals surface area contributed by atoms with Gasteiger partial charge < -0.3 is 9.88 Å². The first-order valence-electron chi connectivity index (χ1n) is 7.28. The highest BCUT2D eigenvalue weighted by molar-refractivity contribution is 5.32. The van der Waals surface area contributed by atoms with Crippen molar-refractivity contribution in [3.05, 3.63) is 64.0 Å². The lowest BCUT2D eigenvalue weighted by atomic mass is 10.1. The van der Waals surface area contributed by atoms with Crippen LogP contribution in [-0.2, 0) is 19.5 Å². The van der Waals surface area contributed by atoms with Crippen molar-refractivity contribution in [1.29, 1.82) is 0 Å². The van der Waals surface area contributed by atoms with E-state index in [4.69, 9.17) is 0 Å². The normalized spacial score (nSPS) is 10.7. The van der Waals surface area contributed by atoms with Crippen LogP contribution in [-0.4, -0.2) is 16.0 Å². The van der Waals surface area contributed by atoms with Gasteiger partial charge in [0.2, 0.25) is 0 Å². The van der Waals surface area contributed by atoms with Crippen molar-refractivity contribution in [2.45, 2.75) is 32.9 Å².